The average molecular weight is 429 g/mol. The van der Waals surface area contributed by atoms with E-state index in [1.807, 2.05) is 31.2 Å². The molecule has 0 saturated carbocycles. The minimum atomic E-state index is -1.41. The van der Waals surface area contributed by atoms with Crippen LogP contribution in [0.1, 0.15) is 27.6 Å². The highest BCUT2D eigenvalue weighted by Crippen LogP contribution is 2.29. The fourth-order valence-corrected chi connectivity index (χ4v) is 3.29. The van der Waals surface area contributed by atoms with Gasteiger partial charge in [-0.1, -0.05) is 41.4 Å². The number of carbonyl (C=O) groups is 2. The topological polar surface area (TPSA) is 78.5 Å². The molecule has 0 bridgehead atoms. The number of carboxylic acid groups (broad SMARTS) is 1. The van der Waals surface area contributed by atoms with E-state index in [-0.39, 0.29) is 21.8 Å². The quantitative estimate of drug-likeness (QED) is 0.618. The number of benzene rings is 3. The first-order chi connectivity index (χ1) is 13.9. The number of anilines is 1. The highest BCUT2D eigenvalue weighted by Gasteiger charge is 2.14. The lowest BCUT2D eigenvalue weighted by molar-refractivity contribution is -0.254. The number of carbonyl (C=O) groups excluding carboxylic acids is 2. The molecule has 0 aliphatic heterocycles. The molecule has 0 fully saturated rings. The largest absolute Gasteiger partial charge is 0.545 e. The molecule has 0 unspecified atom stereocenters. The van der Waals surface area contributed by atoms with Crippen molar-refractivity contribution in [3.8, 4) is 16.9 Å². The second-order valence-electron chi connectivity index (χ2n) is 6.09. The summed E-state index contributed by atoms with van der Waals surface area (Å²) in [7, 11) is 0. The van der Waals surface area contributed by atoms with Crippen LogP contribution in [0.25, 0.3) is 11.1 Å². The molecule has 0 spiro atoms. The first-order valence-electron chi connectivity index (χ1n) is 8.74. The van der Waals surface area contributed by atoms with Gasteiger partial charge in [-0.3, -0.25) is 4.79 Å². The van der Waals surface area contributed by atoms with Crippen molar-refractivity contribution in [3.05, 3.63) is 81.8 Å². The number of nitrogens with one attached hydrogen (secondary N) is 1. The van der Waals surface area contributed by atoms with E-state index in [0.29, 0.717) is 22.9 Å². The van der Waals surface area contributed by atoms with Gasteiger partial charge in [-0.05, 0) is 60.5 Å². The highest BCUT2D eigenvalue weighted by molar-refractivity contribution is 6.37. The molecule has 5 nitrogen and oxygen atoms in total. The Morgan fingerprint density at radius 1 is 0.966 bits per heavy atom. The van der Waals surface area contributed by atoms with Crippen molar-refractivity contribution in [2.24, 2.45) is 0 Å². The van der Waals surface area contributed by atoms with Crippen LogP contribution >= 0.6 is 23.2 Å². The van der Waals surface area contributed by atoms with Gasteiger partial charge in [0.05, 0.1) is 28.8 Å². The Kier molecular flexibility index (Phi) is 6.42. The van der Waals surface area contributed by atoms with Gasteiger partial charge < -0.3 is 20.0 Å². The summed E-state index contributed by atoms with van der Waals surface area (Å²) in [6.45, 7) is 2.40. The van der Waals surface area contributed by atoms with E-state index in [9.17, 15) is 14.7 Å². The SMILES string of the molecule is CCOc1cccc(-c2ccc(NC(=O)c3ccc(Cl)cc3Cl)c(C(=O)[O-])c2)c1. The number of hydrogen-bond acceptors (Lipinski definition) is 4. The zero-order chi connectivity index (χ0) is 21.0. The fraction of sp³-hybridized carbons (Fsp3) is 0.0909. The maximum absolute atomic E-state index is 12.5. The van der Waals surface area contributed by atoms with E-state index in [1.54, 1.807) is 6.07 Å². The smallest absolute Gasteiger partial charge is 0.257 e. The van der Waals surface area contributed by atoms with Gasteiger partial charge in [-0.2, -0.15) is 0 Å². The van der Waals surface area contributed by atoms with E-state index in [2.05, 4.69) is 5.32 Å². The third kappa shape index (κ3) is 4.88. The molecule has 0 aromatic heterocycles. The van der Waals surface area contributed by atoms with Crippen molar-refractivity contribution in [2.45, 2.75) is 6.92 Å². The molecule has 3 aromatic carbocycles. The summed E-state index contributed by atoms with van der Waals surface area (Å²) in [6.07, 6.45) is 0. The van der Waals surface area contributed by atoms with Gasteiger partial charge in [0.15, 0.2) is 0 Å². The lowest BCUT2D eigenvalue weighted by atomic mass is 10.0. The monoisotopic (exact) mass is 428 g/mol. The number of aromatic carboxylic acids is 1. The Morgan fingerprint density at radius 2 is 1.72 bits per heavy atom. The first-order valence-corrected chi connectivity index (χ1v) is 9.49. The summed E-state index contributed by atoms with van der Waals surface area (Å²) in [5.74, 6) is -1.29. The number of rotatable bonds is 6. The van der Waals surface area contributed by atoms with Crippen LogP contribution in [0.2, 0.25) is 10.0 Å². The summed E-state index contributed by atoms with van der Waals surface area (Å²) in [6, 6.07) is 16.4. The number of amides is 1. The highest BCUT2D eigenvalue weighted by atomic mass is 35.5. The van der Waals surface area contributed by atoms with E-state index < -0.39 is 11.9 Å². The summed E-state index contributed by atoms with van der Waals surface area (Å²) >= 11 is 11.9. The minimum Gasteiger partial charge on any atom is -0.545 e. The number of carboxylic acids is 1. The Labute approximate surface area is 177 Å². The summed E-state index contributed by atoms with van der Waals surface area (Å²) in [4.78, 5) is 24.2. The van der Waals surface area contributed by atoms with Crippen molar-refractivity contribution in [1.29, 1.82) is 0 Å². The molecule has 7 heteroatoms. The van der Waals surface area contributed by atoms with Crippen molar-refractivity contribution >= 4 is 40.8 Å². The number of halogens is 2. The van der Waals surface area contributed by atoms with Crippen molar-refractivity contribution < 1.29 is 19.4 Å². The third-order valence-electron chi connectivity index (χ3n) is 4.14. The number of hydrogen-bond donors (Lipinski definition) is 1. The Bertz CT molecular complexity index is 1080. The van der Waals surface area contributed by atoms with Crippen LogP contribution < -0.4 is 15.2 Å². The minimum absolute atomic E-state index is 0.103. The van der Waals surface area contributed by atoms with Gasteiger partial charge >= 0.3 is 0 Å². The van der Waals surface area contributed by atoms with E-state index in [1.165, 1.54) is 30.3 Å². The van der Waals surface area contributed by atoms with Crippen LogP contribution in [0.3, 0.4) is 0 Å². The normalized spacial score (nSPS) is 10.4. The predicted molar refractivity (Wildman–Crippen MR) is 112 cm³/mol. The zero-order valence-electron chi connectivity index (χ0n) is 15.4. The van der Waals surface area contributed by atoms with Gasteiger partial charge in [0, 0.05) is 10.6 Å². The Balaban J connectivity index is 1.93. The molecule has 1 N–H and O–H groups in total. The first kappa shape index (κ1) is 20.7. The Morgan fingerprint density at radius 3 is 2.41 bits per heavy atom. The molecular weight excluding hydrogens is 413 g/mol. The van der Waals surface area contributed by atoms with Crippen molar-refractivity contribution in [3.63, 3.8) is 0 Å². The summed E-state index contributed by atoms with van der Waals surface area (Å²) in [5, 5.41) is 14.8. The van der Waals surface area contributed by atoms with Crippen LogP contribution in [0.15, 0.2) is 60.7 Å². The molecule has 148 valence electrons. The van der Waals surface area contributed by atoms with E-state index in [4.69, 9.17) is 27.9 Å². The molecular formula is C22H16Cl2NO4-. The van der Waals surface area contributed by atoms with Crippen LogP contribution in [0, 0.1) is 0 Å². The van der Waals surface area contributed by atoms with Gasteiger partial charge in [0.25, 0.3) is 5.91 Å². The third-order valence-corrected chi connectivity index (χ3v) is 4.69. The maximum Gasteiger partial charge on any atom is 0.257 e. The van der Waals surface area contributed by atoms with Crippen LogP contribution in [0.5, 0.6) is 5.75 Å². The molecule has 29 heavy (non-hydrogen) atoms. The molecule has 0 aliphatic carbocycles. The standard InChI is InChI=1S/C22H17Cl2NO4/c1-2-29-16-5-3-4-13(10-16)14-6-9-20(18(11-14)22(27)28)25-21(26)17-8-7-15(23)12-19(17)24/h3-12H,2H2,1H3,(H,25,26)(H,27,28)/p-1. The van der Waals surface area contributed by atoms with Crippen molar-refractivity contribution in [1.82, 2.24) is 0 Å². The zero-order valence-corrected chi connectivity index (χ0v) is 16.9. The molecule has 0 aliphatic rings. The molecule has 1 amide bonds. The average Bonchev–Trinajstić information content (AvgIpc) is 2.68. The van der Waals surface area contributed by atoms with Gasteiger partial charge in [0.1, 0.15) is 5.75 Å². The molecule has 3 rings (SSSR count). The van der Waals surface area contributed by atoms with Gasteiger partial charge in [0.2, 0.25) is 0 Å². The van der Waals surface area contributed by atoms with E-state index in [0.717, 1.165) is 5.56 Å². The number of ether oxygens (including phenoxy) is 1. The molecule has 0 heterocycles. The molecule has 0 atom stereocenters. The van der Waals surface area contributed by atoms with Crippen LogP contribution in [-0.4, -0.2) is 18.5 Å². The fourth-order valence-electron chi connectivity index (χ4n) is 2.80. The second-order valence-corrected chi connectivity index (χ2v) is 6.93. The van der Waals surface area contributed by atoms with Gasteiger partial charge in [-0.25, -0.2) is 0 Å². The summed E-state index contributed by atoms with van der Waals surface area (Å²) < 4.78 is 5.48. The molecule has 0 saturated heterocycles. The molecule has 3 aromatic rings. The van der Waals surface area contributed by atoms with Crippen molar-refractivity contribution in [2.75, 3.05) is 11.9 Å². The van der Waals surface area contributed by atoms with Gasteiger partial charge in [-0.15, -0.1) is 0 Å². The second kappa shape index (κ2) is 8.99. The summed E-state index contributed by atoms with van der Waals surface area (Å²) in [5.41, 5.74) is 1.55. The van der Waals surface area contributed by atoms with E-state index >= 15 is 0 Å². The molecule has 0 radical (unpaired) electrons. The lowest BCUT2D eigenvalue weighted by Gasteiger charge is -2.15. The predicted octanol–water partition coefficient (Wildman–Crippen LogP) is 4.67. The maximum atomic E-state index is 12.5. The van der Waals surface area contributed by atoms with Crippen LogP contribution in [0.4, 0.5) is 5.69 Å². The lowest BCUT2D eigenvalue weighted by Crippen LogP contribution is -2.25. The Hall–Kier alpha value is -3.02. The van der Waals surface area contributed by atoms with Crippen LogP contribution in [-0.2, 0) is 0 Å².